The molecule has 1 unspecified atom stereocenters. The van der Waals surface area contributed by atoms with Crippen LogP contribution >= 0.6 is 0 Å². The van der Waals surface area contributed by atoms with E-state index in [2.05, 4.69) is 0 Å². The summed E-state index contributed by atoms with van der Waals surface area (Å²) >= 11 is 0. The summed E-state index contributed by atoms with van der Waals surface area (Å²) in [4.78, 5) is 0. The van der Waals surface area contributed by atoms with Crippen LogP contribution in [0.2, 0.25) is 0 Å². The average molecular weight is 226 g/mol. The number of hydrogen-bond donors (Lipinski definition) is 1. The van der Waals surface area contributed by atoms with Crippen LogP contribution in [-0.2, 0) is 6.42 Å². The van der Waals surface area contributed by atoms with Gasteiger partial charge in [0.05, 0.1) is 0 Å². The Balaban J connectivity index is 2.22. The second-order valence-corrected chi connectivity index (χ2v) is 4.98. The predicted octanol–water partition coefficient (Wildman–Crippen LogP) is 2.92. The van der Waals surface area contributed by atoms with E-state index in [4.69, 9.17) is 0 Å². The molecule has 0 spiro atoms. The summed E-state index contributed by atoms with van der Waals surface area (Å²) in [5.74, 6) is -1.14. The van der Waals surface area contributed by atoms with Gasteiger partial charge in [-0.1, -0.05) is 19.1 Å². The van der Waals surface area contributed by atoms with Crippen LogP contribution in [0.25, 0.3) is 0 Å². The first-order chi connectivity index (χ1) is 7.57. The van der Waals surface area contributed by atoms with Crippen molar-refractivity contribution in [2.45, 2.75) is 26.2 Å². The monoisotopic (exact) mass is 226 g/mol. The van der Waals surface area contributed by atoms with Gasteiger partial charge in [-0.15, -0.1) is 0 Å². The van der Waals surface area contributed by atoms with Crippen LogP contribution in [0.4, 0.5) is 8.78 Å². The highest BCUT2D eigenvalue weighted by Crippen LogP contribution is 2.47. The van der Waals surface area contributed by atoms with Gasteiger partial charge >= 0.3 is 0 Å². The van der Waals surface area contributed by atoms with Gasteiger partial charge in [0, 0.05) is 6.61 Å². The lowest BCUT2D eigenvalue weighted by Gasteiger charge is -2.27. The lowest BCUT2D eigenvalue weighted by molar-refractivity contribution is 0.118. The molecular formula is C13H16F2O. The summed E-state index contributed by atoms with van der Waals surface area (Å²) in [6.45, 7) is 1.96. The number of halogens is 2. The Morgan fingerprint density at radius 3 is 2.62 bits per heavy atom. The highest BCUT2D eigenvalue weighted by Gasteiger charge is 2.41. The predicted molar refractivity (Wildman–Crippen MR) is 58.0 cm³/mol. The highest BCUT2D eigenvalue weighted by molar-refractivity contribution is 5.21. The molecule has 0 aliphatic heterocycles. The third kappa shape index (κ3) is 2.09. The molecule has 2 rings (SSSR count). The molecule has 0 bridgehead atoms. The van der Waals surface area contributed by atoms with E-state index >= 15 is 0 Å². The van der Waals surface area contributed by atoms with E-state index in [9.17, 15) is 13.9 Å². The first kappa shape index (κ1) is 11.5. The van der Waals surface area contributed by atoms with Crippen LogP contribution in [0.3, 0.4) is 0 Å². The number of aliphatic hydroxyl groups excluding tert-OH is 1. The molecule has 0 amide bonds. The summed E-state index contributed by atoms with van der Waals surface area (Å²) in [5.41, 5.74) is 0.0534. The molecule has 0 saturated heterocycles. The van der Waals surface area contributed by atoms with Crippen LogP contribution in [0, 0.1) is 23.0 Å². The van der Waals surface area contributed by atoms with Crippen LogP contribution in [0.5, 0.6) is 0 Å². The molecule has 1 N–H and O–H groups in total. The fourth-order valence-electron chi connectivity index (χ4n) is 2.23. The number of benzene rings is 1. The zero-order chi connectivity index (χ0) is 11.8. The van der Waals surface area contributed by atoms with Gasteiger partial charge in [-0.3, -0.25) is 0 Å². The quantitative estimate of drug-likeness (QED) is 0.837. The number of aliphatic hydroxyl groups is 1. The van der Waals surface area contributed by atoms with E-state index in [1.807, 2.05) is 6.92 Å². The molecule has 1 atom stereocenters. The SMILES string of the molecule is CC(CO)(Cc1cccc(F)c1F)C1CC1. The lowest BCUT2D eigenvalue weighted by Crippen LogP contribution is -2.27. The maximum atomic E-state index is 13.5. The Kier molecular flexibility index (Phi) is 2.98. The smallest absolute Gasteiger partial charge is 0.162 e. The van der Waals surface area contributed by atoms with E-state index in [1.165, 1.54) is 6.07 Å². The van der Waals surface area contributed by atoms with Crippen molar-refractivity contribution in [1.82, 2.24) is 0 Å². The fourth-order valence-corrected chi connectivity index (χ4v) is 2.23. The molecule has 1 saturated carbocycles. The van der Waals surface area contributed by atoms with Gasteiger partial charge in [0.1, 0.15) is 0 Å². The van der Waals surface area contributed by atoms with Gasteiger partial charge in [0.15, 0.2) is 11.6 Å². The molecule has 0 aromatic heterocycles. The third-order valence-electron chi connectivity index (χ3n) is 3.55. The molecule has 1 aliphatic carbocycles. The zero-order valence-electron chi connectivity index (χ0n) is 9.34. The van der Waals surface area contributed by atoms with E-state index < -0.39 is 11.6 Å². The molecule has 88 valence electrons. The molecule has 1 nitrogen and oxygen atoms in total. The van der Waals surface area contributed by atoms with Gasteiger partial charge < -0.3 is 5.11 Å². The van der Waals surface area contributed by atoms with Gasteiger partial charge in [-0.05, 0) is 42.2 Å². The lowest BCUT2D eigenvalue weighted by atomic mass is 9.79. The van der Waals surface area contributed by atoms with Crippen LogP contribution in [0.1, 0.15) is 25.3 Å². The topological polar surface area (TPSA) is 20.2 Å². The Morgan fingerprint density at radius 2 is 2.06 bits per heavy atom. The standard InChI is InChI=1S/C13H16F2O/c1-13(8-16,10-5-6-10)7-9-3-2-4-11(14)12(9)15/h2-4,10,16H,5-8H2,1H3. The van der Waals surface area contributed by atoms with Crippen molar-refractivity contribution in [1.29, 1.82) is 0 Å². The Morgan fingerprint density at radius 1 is 1.38 bits per heavy atom. The summed E-state index contributed by atoms with van der Waals surface area (Å²) in [6, 6.07) is 4.22. The van der Waals surface area contributed by atoms with Crippen molar-refractivity contribution in [2.24, 2.45) is 11.3 Å². The normalized spacial score (nSPS) is 19.5. The molecule has 1 fully saturated rings. The van der Waals surface area contributed by atoms with Crippen molar-refractivity contribution in [2.75, 3.05) is 6.61 Å². The van der Waals surface area contributed by atoms with Crippen molar-refractivity contribution in [3.63, 3.8) is 0 Å². The number of rotatable bonds is 4. The minimum Gasteiger partial charge on any atom is -0.396 e. The van der Waals surface area contributed by atoms with E-state index in [0.717, 1.165) is 18.9 Å². The Labute approximate surface area is 94.1 Å². The van der Waals surface area contributed by atoms with Gasteiger partial charge in [0.25, 0.3) is 0 Å². The first-order valence-electron chi connectivity index (χ1n) is 5.60. The maximum Gasteiger partial charge on any atom is 0.162 e. The van der Waals surface area contributed by atoms with Gasteiger partial charge in [0.2, 0.25) is 0 Å². The van der Waals surface area contributed by atoms with Crippen molar-refractivity contribution in [3.05, 3.63) is 35.4 Å². The first-order valence-corrected chi connectivity index (χ1v) is 5.60. The largest absolute Gasteiger partial charge is 0.396 e. The van der Waals surface area contributed by atoms with Crippen LogP contribution in [-0.4, -0.2) is 11.7 Å². The second-order valence-electron chi connectivity index (χ2n) is 4.98. The summed E-state index contributed by atoms with van der Waals surface area (Å²) < 4.78 is 26.5. The van der Waals surface area contributed by atoms with E-state index in [0.29, 0.717) is 17.9 Å². The zero-order valence-corrected chi connectivity index (χ0v) is 9.34. The molecule has 16 heavy (non-hydrogen) atoms. The van der Waals surface area contributed by atoms with Crippen LogP contribution in [0.15, 0.2) is 18.2 Å². The summed E-state index contributed by atoms with van der Waals surface area (Å²) in [5, 5.41) is 9.40. The summed E-state index contributed by atoms with van der Waals surface area (Å²) in [6.07, 6.45) is 2.56. The van der Waals surface area contributed by atoms with Gasteiger partial charge in [-0.2, -0.15) is 0 Å². The van der Waals surface area contributed by atoms with Gasteiger partial charge in [-0.25, -0.2) is 8.78 Å². The minimum atomic E-state index is -0.811. The molecule has 3 heteroatoms. The van der Waals surface area contributed by atoms with Crippen molar-refractivity contribution < 1.29 is 13.9 Å². The third-order valence-corrected chi connectivity index (χ3v) is 3.55. The molecule has 1 aromatic rings. The Bertz CT molecular complexity index is 388. The minimum absolute atomic E-state index is 0.0214. The fraction of sp³-hybridized carbons (Fsp3) is 0.538. The number of hydrogen-bond acceptors (Lipinski definition) is 1. The van der Waals surface area contributed by atoms with E-state index in [1.54, 1.807) is 6.07 Å². The average Bonchev–Trinajstić information content (AvgIpc) is 3.08. The summed E-state index contributed by atoms with van der Waals surface area (Å²) in [7, 11) is 0. The molecular weight excluding hydrogens is 210 g/mol. The maximum absolute atomic E-state index is 13.5. The van der Waals surface area contributed by atoms with Crippen LogP contribution < -0.4 is 0 Å². The van der Waals surface area contributed by atoms with Crippen molar-refractivity contribution in [3.8, 4) is 0 Å². The molecule has 0 heterocycles. The highest BCUT2D eigenvalue weighted by atomic mass is 19.2. The van der Waals surface area contributed by atoms with Crippen molar-refractivity contribution >= 4 is 0 Å². The molecule has 0 radical (unpaired) electrons. The van der Waals surface area contributed by atoms with E-state index in [-0.39, 0.29) is 12.0 Å². The molecule has 1 aromatic carbocycles. The molecule has 1 aliphatic rings. The second kappa shape index (κ2) is 4.13. The Hall–Kier alpha value is -0.960.